The van der Waals surface area contributed by atoms with E-state index in [-0.39, 0.29) is 11.1 Å². The zero-order valence-electron chi connectivity index (χ0n) is 32.4. The molecule has 0 spiro atoms. The van der Waals surface area contributed by atoms with Gasteiger partial charge in [0.15, 0.2) is 0 Å². The second-order valence-corrected chi connectivity index (χ2v) is 17.8. The summed E-state index contributed by atoms with van der Waals surface area (Å²) in [6.45, 7) is 0. The Morgan fingerprint density at radius 2 is 0.818 bits per heavy atom. The van der Waals surface area contributed by atoms with Crippen LogP contribution in [0.4, 0.5) is 39.5 Å². The van der Waals surface area contributed by atoms with E-state index in [2.05, 4.69) is 41.2 Å². The van der Waals surface area contributed by atoms with E-state index in [0.29, 0.717) is 10.9 Å². The van der Waals surface area contributed by atoms with E-state index in [9.17, 15) is 69.6 Å². The number of H-pyrrole nitrogens is 1. The quantitative estimate of drug-likeness (QED) is 0.0757. The van der Waals surface area contributed by atoms with Crippen molar-refractivity contribution >= 4 is 95.5 Å². The molecule has 344 valence electrons. The van der Waals surface area contributed by atoms with Crippen molar-refractivity contribution in [3.8, 4) is 5.88 Å². The second kappa shape index (κ2) is 18.5. The number of rotatable bonds is 4. The van der Waals surface area contributed by atoms with Crippen LogP contribution in [0.1, 0.15) is 0 Å². The average Bonchev–Trinajstić information content (AvgIpc) is 3.26. The first kappa shape index (κ1) is 48.4. The molecular formula is C40H24F9N5O9S3. The van der Waals surface area contributed by atoms with Gasteiger partial charge in [-0.2, -0.15) is 64.8 Å². The summed E-state index contributed by atoms with van der Waals surface area (Å²) in [4.78, 5) is 30.6. The Kier molecular flexibility index (Phi) is 13.5. The van der Waals surface area contributed by atoms with Gasteiger partial charge in [-0.3, -0.25) is 9.78 Å². The number of alkyl halides is 9. The van der Waals surface area contributed by atoms with Crippen LogP contribution in [0.5, 0.6) is 5.88 Å². The summed E-state index contributed by atoms with van der Waals surface area (Å²) in [7, 11) is -19.5. The third kappa shape index (κ3) is 10.4. The largest absolute Gasteiger partial charge is 0.534 e. The van der Waals surface area contributed by atoms with Crippen molar-refractivity contribution in [1.82, 2.24) is 24.9 Å². The topological polar surface area (TPSA) is 205 Å². The molecule has 0 unspecified atom stereocenters. The molecular weight excluding hydrogens is 962 g/mol. The number of hydrogen-bond acceptors (Lipinski definition) is 13. The van der Waals surface area contributed by atoms with Crippen LogP contribution in [-0.4, -0.2) is 66.7 Å². The first-order valence-corrected chi connectivity index (χ1v) is 22.1. The first-order chi connectivity index (χ1) is 30.8. The number of pyridine rings is 1. The highest BCUT2D eigenvalue weighted by atomic mass is 32.3. The fourth-order valence-corrected chi connectivity index (χ4v) is 7.94. The van der Waals surface area contributed by atoms with Crippen molar-refractivity contribution in [1.29, 1.82) is 0 Å². The molecule has 0 saturated carbocycles. The van der Waals surface area contributed by atoms with Gasteiger partial charge in [0.1, 0.15) is 5.52 Å². The Labute approximate surface area is 364 Å². The highest BCUT2D eigenvalue weighted by Crippen LogP contribution is 2.36. The van der Waals surface area contributed by atoms with Gasteiger partial charge in [-0.25, -0.2) is 15.0 Å². The Hall–Kier alpha value is -7.03. The Morgan fingerprint density at radius 3 is 1.23 bits per heavy atom. The molecule has 0 radical (unpaired) electrons. The van der Waals surface area contributed by atoms with E-state index in [1.165, 1.54) is 6.20 Å². The maximum Gasteiger partial charge on any atom is 0.534 e. The zero-order chi connectivity index (χ0) is 48.3. The van der Waals surface area contributed by atoms with Gasteiger partial charge in [0.25, 0.3) is 11.4 Å². The Bertz CT molecular complexity index is 3520. The number of aromatic nitrogens is 5. The smallest absolute Gasteiger partial charge is 0.354 e. The molecule has 0 aliphatic carbocycles. The van der Waals surface area contributed by atoms with Gasteiger partial charge in [-0.05, 0) is 33.7 Å². The molecule has 9 rings (SSSR count). The molecule has 1 N–H and O–H groups in total. The number of benzene rings is 6. The Balaban J connectivity index is 0.000000159. The SMILES string of the molecule is O=S(=O)(OS(=O)(=O)C(F)(F)F)C(F)(F)F.O=S(=O)(Oc1cnc2c3ccccc3c3ccccc3c2n1)C(F)(F)F.O=c1cnc2c3ccccc3c3ccccc3c2[nH]1.c1ccncc1. The van der Waals surface area contributed by atoms with Gasteiger partial charge in [-0.15, -0.1) is 3.63 Å². The maximum absolute atomic E-state index is 12.5. The number of aromatic amines is 1. The third-order valence-electron chi connectivity index (χ3n) is 8.66. The predicted molar refractivity (Wildman–Crippen MR) is 223 cm³/mol. The molecule has 9 aromatic rings. The minimum atomic E-state index is -6.85. The van der Waals surface area contributed by atoms with Gasteiger partial charge in [0.2, 0.25) is 0 Å². The molecule has 66 heavy (non-hydrogen) atoms. The summed E-state index contributed by atoms with van der Waals surface area (Å²) in [5.74, 6) is -0.741. The van der Waals surface area contributed by atoms with Gasteiger partial charge >= 0.3 is 46.9 Å². The maximum atomic E-state index is 12.5. The highest BCUT2D eigenvalue weighted by Gasteiger charge is 2.57. The van der Waals surface area contributed by atoms with Crippen LogP contribution in [0, 0.1) is 0 Å². The number of fused-ring (bicyclic) bond motifs is 12. The standard InChI is InChI=1S/C17H9F3N2O3S.C16H10N2O.C5H5N.C2F6O5S2/c18-17(19,20)26(23,24)25-14-9-21-15-12-7-3-1-5-10(12)11-6-2-4-8-13(11)16(15)22-14;19-14-9-17-15-12-7-3-1-5-10(12)11-6-2-4-8-13(11)16(15)18-14;1-2-4-6-5-3-1;3-1(4,5)14(9,10)13-15(11,12)2(6,7)8/h1-9H;1-9H,(H,18,19);1-5H;. The molecule has 26 heteroatoms. The van der Waals surface area contributed by atoms with Crippen molar-refractivity contribution in [2.45, 2.75) is 16.5 Å². The molecule has 14 nitrogen and oxygen atoms in total. The third-order valence-corrected chi connectivity index (χ3v) is 12.2. The van der Waals surface area contributed by atoms with E-state index in [4.69, 9.17) is 0 Å². The fraction of sp³-hybridized carbons (Fsp3) is 0.0750. The number of hydrogen-bond donors (Lipinski definition) is 1. The molecule has 0 aliphatic heterocycles. The molecule has 0 saturated heterocycles. The van der Waals surface area contributed by atoms with Crippen LogP contribution in [0.3, 0.4) is 0 Å². The molecule has 0 atom stereocenters. The van der Waals surface area contributed by atoms with Crippen LogP contribution in [-0.2, 0) is 34.0 Å². The van der Waals surface area contributed by atoms with Crippen LogP contribution in [0.15, 0.2) is 145 Å². The van der Waals surface area contributed by atoms with E-state index >= 15 is 0 Å². The van der Waals surface area contributed by atoms with E-state index in [1.807, 2.05) is 88.6 Å². The average molecular weight is 986 g/mol. The molecule has 3 heterocycles. The van der Waals surface area contributed by atoms with E-state index < -0.39 is 52.8 Å². The van der Waals surface area contributed by atoms with Crippen molar-refractivity contribution in [3.05, 3.63) is 150 Å². The molecule has 0 amide bonds. The second-order valence-electron chi connectivity index (χ2n) is 12.9. The van der Waals surface area contributed by atoms with Crippen molar-refractivity contribution in [2.75, 3.05) is 0 Å². The molecule has 0 bridgehead atoms. The summed E-state index contributed by atoms with van der Waals surface area (Å²) in [5, 5.41) is 7.48. The summed E-state index contributed by atoms with van der Waals surface area (Å²) in [6.07, 6.45) is 5.70. The monoisotopic (exact) mass is 985 g/mol. The number of halogens is 9. The van der Waals surface area contributed by atoms with Crippen molar-refractivity contribution in [2.24, 2.45) is 0 Å². The van der Waals surface area contributed by atoms with Crippen LogP contribution in [0.2, 0.25) is 0 Å². The van der Waals surface area contributed by atoms with Crippen LogP contribution >= 0.6 is 0 Å². The lowest BCUT2D eigenvalue weighted by atomic mass is 10.00. The van der Waals surface area contributed by atoms with E-state index in [1.54, 1.807) is 30.6 Å². The fourth-order valence-electron chi connectivity index (χ4n) is 5.98. The van der Waals surface area contributed by atoms with E-state index in [0.717, 1.165) is 54.9 Å². The normalized spacial score (nSPS) is 12.5. The molecule has 6 aromatic carbocycles. The number of nitrogens with zero attached hydrogens (tertiary/aromatic N) is 4. The summed E-state index contributed by atoms with van der Waals surface area (Å²) < 4.78 is 174. The van der Waals surface area contributed by atoms with Crippen LogP contribution in [0.25, 0.3) is 65.2 Å². The summed E-state index contributed by atoms with van der Waals surface area (Å²) in [6, 6.07) is 36.4. The van der Waals surface area contributed by atoms with Crippen molar-refractivity contribution in [3.63, 3.8) is 0 Å². The summed E-state index contributed by atoms with van der Waals surface area (Å²) >= 11 is 0. The molecule has 0 aliphatic rings. The van der Waals surface area contributed by atoms with Gasteiger partial charge in [0, 0.05) is 33.9 Å². The number of nitrogens with one attached hydrogen (secondary N) is 1. The lowest BCUT2D eigenvalue weighted by Crippen LogP contribution is -2.34. The minimum Gasteiger partial charge on any atom is -0.354 e. The Morgan fingerprint density at radius 1 is 0.439 bits per heavy atom. The van der Waals surface area contributed by atoms with Crippen LogP contribution < -0.4 is 9.74 Å². The van der Waals surface area contributed by atoms with Gasteiger partial charge in [-0.1, -0.05) is 103 Å². The zero-order valence-corrected chi connectivity index (χ0v) is 34.8. The van der Waals surface area contributed by atoms with Crippen molar-refractivity contribution < 1.29 is 72.6 Å². The summed E-state index contributed by atoms with van der Waals surface area (Å²) in [5.41, 5.74) is -15.9. The van der Waals surface area contributed by atoms with Gasteiger partial charge in [0.05, 0.1) is 28.9 Å². The van der Waals surface area contributed by atoms with Gasteiger partial charge < -0.3 is 9.17 Å². The molecule has 3 aromatic heterocycles. The minimum absolute atomic E-state index is 0.173. The lowest BCUT2D eigenvalue weighted by molar-refractivity contribution is -0.0586. The molecule has 0 fully saturated rings. The highest BCUT2D eigenvalue weighted by molar-refractivity contribution is 8.00. The first-order valence-electron chi connectivity index (χ1n) is 17.9. The lowest BCUT2D eigenvalue weighted by Gasteiger charge is -2.11. The predicted octanol–water partition coefficient (Wildman–Crippen LogP) is 9.18.